The number of hydrogen-bond acceptors (Lipinski definition) is 9. The maximum atomic E-state index is 11.7. The summed E-state index contributed by atoms with van der Waals surface area (Å²) in [6, 6.07) is 0. The lowest BCUT2D eigenvalue weighted by molar-refractivity contribution is -0.198. The molecule has 11 nitrogen and oxygen atoms in total. The van der Waals surface area contributed by atoms with Gasteiger partial charge in [-0.05, 0) is 0 Å². The van der Waals surface area contributed by atoms with Gasteiger partial charge in [0, 0.05) is 32.1 Å². The molecule has 2 heterocycles. The van der Waals surface area contributed by atoms with Crippen molar-refractivity contribution in [3.05, 3.63) is 0 Å². The van der Waals surface area contributed by atoms with E-state index in [9.17, 15) is 28.8 Å². The lowest BCUT2D eigenvalue weighted by Gasteiger charge is -2.13. The van der Waals surface area contributed by atoms with Gasteiger partial charge in [-0.3, -0.25) is 28.9 Å². The molecule has 0 aromatic rings. The van der Waals surface area contributed by atoms with Crippen molar-refractivity contribution < 1.29 is 43.1 Å². The summed E-state index contributed by atoms with van der Waals surface area (Å²) < 4.78 is 10.4. The standard InChI is InChI=1S/C17H22N2O9/c20-12(11-18-13(21)1-2-14(18)22)5-7-26-9-10-27-8-6-17(25)28-19-15(23)3-4-16(19)24/h1-11H2. The number of likely N-dealkylation sites (tertiary alicyclic amines) is 1. The van der Waals surface area contributed by atoms with Crippen LogP contribution >= 0.6 is 0 Å². The summed E-state index contributed by atoms with van der Waals surface area (Å²) in [5, 5.41) is 0.478. The van der Waals surface area contributed by atoms with Gasteiger partial charge in [0.1, 0.15) is 0 Å². The summed E-state index contributed by atoms with van der Waals surface area (Å²) in [4.78, 5) is 74.3. The van der Waals surface area contributed by atoms with E-state index in [4.69, 9.17) is 9.47 Å². The number of Topliss-reactive ketones (excluding diaryl/α,β-unsaturated/α-hetero) is 1. The van der Waals surface area contributed by atoms with Crippen LogP contribution in [-0.2, 0) is 43.1 Å². The number of carbonyl (C=O) groups is 6. The molecule has 0 aromatic carbocycles. The fraction of sp³-hybridized carbons (Fsp3) is 0.647. The van der Waals surface area contributed by atoms with Gasteiger partial charge in [0.05, 0.1) is 39.4 Å². The largest absolute Gasteiger partial charge is 0.379 e. The molecule has 154 valence electrons. The Bertz CT molecular complexity index is 573. The first kappa shape index (κ1) is 21.6. The number of ether oxygens (including phenoxy) is 2. The van der Waals surface area contributed by atoms with Crippen LogP contribution in [0.2, 0.25) is 0 Å². The van der Waals surface area contributed by atoms with Crippen LogP contribution in [0.5, 0.6) is 0 Å². The first-order valence-corrected chi connectivity index (χ1v) is 8.95. The van der Waals surface area contributed by atoms with Gasteiger partial charge in [0.25, 0.3) is 11.8 Å². The fourth-order valence-electron chi connectivity index (χ4n) is 2.52. The van der Waals surface area contributed by atoms with Crippen molar-refractivity contribution >= 4 is 35.4 Å². The lowest BCUT2D eigenvalue weighted by atomic mass is 10.3. The van der Waals surface area contributed by atoms with E-state index in [-0.39, 0.29) is 89.1 Å². The Morgan fingerprint density at radius 1 is 0.714 bits per heavy atom. The molecular weight excluding hydrogens is 376 g/mol. The highest BCUT2D eigenvalue weighted by Gasteiger charge is 2.32. The maximum Gasteiger partial charge on any atom is 0.335 e. The Kier molecular flexibility index (Phi) is 8.20. The number of amides is 4. The number of hydrogen-bond donors (Lipinski definition) is 0. The molecule has 0 bridgehead atoms. The van der Waals surface area contributed by atoms with Crippen LogP contribution in [0.15, 0.2) is 0 Å². The predicted octanol–water partition coefficient (Wildman–Crippen LogP) is -0.875. The van der Waals surface area contributed by atoms with Gasteiger partial charge < -0.3 is 14.3 Å². The molecule has 2 saturated heterocycles. The number of imide groups is 2. The smallest absolute Gasteiger partial charge is 0.335 e. The van der Waals surface area contributed by atoms with Crippen molar-refractivity contribution in [3.8, 4) is 0 Å². The van der Waals surface area contributed by atoms with Crippen molar-refractivity contribution in [3.63, 3.8) is 0 Å². The normalized spacial score (nSPS) is 17.0. The van der Waals surface area contributed by atoms with Crippen molar-refractivity contribution in [2.75, 3.05) is 33.0 Å². The zero-order valence-electron chi connectivity index (χ0n) is 15.3. The molecule has 0 unspecified atom stereocenters. The molecule has 2 rings (SSSR count). The van der Waals surface area contributed by atoms with Gasteiger partial charge >= 0.3 is 5.97 Å². The van der Waals surface area contributed by atoms with Crippen LogP contribution in [-0.4, -0.2) is 78.3 Å². The SMILES string of the molecule is O=C(CCOCCOCCC(=O)ON1C(=O)CCC1=O)CN1C(=O)CCC1=O. The number of nitrogens with zero attached hydrogens (tertiary/aromatic N) is 2. The third-order valence-electron chi connectivity index (χ3n) is 4.04. The second-order valence-corrected chi connectivity index (χ2v) is 6.18. The Hall–Kier alpha value is -2.66. The first-order chi connectivity index (χ1) is 13.4. The van der Waals surface area contributed by atoms with E-state index in [2.05, 4.69) is 4.84 Å². The highest BCUT2D eigenvalue weighted by Crippen LogP contribution is 2.13. The van der Waals surface area contributed by atoms with Crippen LogP contribution in [0.25, 0.3) is 0 Å². The topological polar surface area (TPSA) is 137 Å². The van der Waals surface area contributed by atoms with E-state index in [1.54, 1.807) is 0 Å². The highest BCUT2D eigenvalue weighted by molar-refractivity contribution is 6.04. The second-order valence-electron chi connectivity index (χ2n) is 6.18. The Morgan fingerprint density at radius 2 is 1.21 bits per heavy atom. The third-order valence-corrected chi connectivity index (χ3v) is 4.04. The van der Waals surface area contributed by atoms with Crippen LogP contribution in [0, 0.1) is 0 Å². The average molecular weight is 398 g/mol. The molecule has 11 heteroatoms. The Morgan fingerprint density at radius 3 is 1.79 bits per heavy atom. The molecule has 2 fully saturated rings. The number of ketones is 1. The minimum atomic E-state index is -0.749. The highest BCUT2D eigenvalue weighted by atomic mass is 16.7. The van der Waals surface area contributed by atoms with Gasteiger partial charge in [-0.25, -0.2) is 4.79 Å². The number of hydroxylamine groups is 2. The van der Waals surface area contributed by atoms with E-state index < -0.39 is 17.8 Å². The number of rotatable bonds is 12. The second kappa shape index (κ2) is 10.6. The van der Waals surface area contributed by atoms with Crippen molar-refractivity contribution in [2.24, 2.45) is 0 Å². The van der Waals surface area contributed by atoms with Crippen LogP contribution < -0.4 is 0 Å². The molecule has 2 aliphatic rings. The zero-order valence-corrected chi connectivity index (χ0v) is 15.3. The molecule has 0 spiro atoms. The van der Waals surface area contributed by atoms with E-state index in [0.29, 0.717) is 5.06 Å². The third kappa shape index (κ3) is 6.50. The lowest BCUT2D eigenvalue weighted by Crippen LogP contribution is -2.34. The Balaban J connectivity index is 1.45. The van der Waals surface area contributed by atoms with Gasteiger partial charge in [0.2, 0.25) is 11.8 Å². The molecule has 0 radical (unpaired) electrons. The molecule has 28 heavy (non-hydrogen) atoms. The molecule has 0 saturated carbocycles. The molecule has 0 aliphatic carbocycles. The Labute approximate surface area is 160 Å². The summed E-state index contributed by atoms with van der Waals surface area (Å²) in [5.41, 5.74) is 0. The molecule has 0 N–H and O–H groups in total. The molecular formula is C17H22N2O9. The minimum Gasteiger partial charge on any atom is -0.379 e. The summed E-state index contributed by atoms with van der Waals surface area (Å²) in [5.74, 6) is -2.75. The average Bonchev–Trinajstić information content (AvgIpc) is 3.14. The van der Waals surface area contributed by atoms with E-state index in [1.165, 1.54) is 0 Å². The summed E-state index contributed by atoms with van der Waals surface area (Å²) >= 11 is 0. The van der Waals surface area contributed by atoms with Crippen LogP contribution in [0.3, 0.4) is 0 Å². The molecule has 4 amide bonds. The van der Waals surface area contributed by atoms with Crippen molar-refractivity contribution in [1.29, 1.82) is 0 Å². The summed E-state index contributed by atoms with van der Waals surface area (Å²) in [6.45, 7) is 0.289. The summed E-state index contributed by atoms with van der Waals surface area (Å²) in [7, 11) is 0. The molecule has 2 aliphatic heterocycles. The number of carbonyl (C=O) groups excluding carboxylic acids is 6. The first-order valence-electron chi connectivity index (χ1n) is 8.95. The van der Waals surface area contributed by atoms with Gasteiger partial charge in [-0.2, -0.15) is 0 Å². The monoisotopic (exact) mass is 398 g/mol. The van der Waals surface area contributed by atoms with Crippen LogP contribution in [0.4, 0.5) is 0 Å². The zero-order chi connectivity index (χ0) is 20.5. The van der Waals surface area contributed by atoms with Crippen molar-refractivity contribution in [1.82, 2.24) is 9.96 Å². The quantitative estimate of drug-likeness (QED) is 0.303. The van der Waals surface area contributed by atoms with E-state index >= 15 is 0 Å². The van der Waals surface area contributed by atoms with Gasteiger partial charge in [-0.15, -0.1) is 5.06 Å². The van der Waals surface area contributed by atoms with E-state index in [0.717, 1.165) is 4.90 Å². The van der Waals surface area contributed by atoms with Gasteiger partial charge in [-0.1, -0.05) is 0 Å². The van der Waals surface area contributed by atoms with Crippen molar-refractivity contribution in [2.45, 2.75) is 38.5 Å². The van der Waals surface area contributed by atoms with Gasteiger partial charge in [0.15, 0.2) is 5.78 Å². The molecule has 0 aromatic heterocycles. The fourth-order valence-corrected chi connectivity index (χ4v) is 2.52. The summed E-state index contributed by atoms with van der Waals surface area (Å²) in [6.07, 6.45) is 0.311. The maximum absolute atomic E-state index is 11.7. The molecule has 0 atom stereocenters. The minimum absolute atomic E-state index is 0.0243. The predicted molar refractivity (Wildman–Crippen MR) is 89.0 cm³/mol. The van der Waals surface area contributed by atoms with Crippen LogP contribution in [0.1, 0.15) is 38.5 Å². The van der Waals surface area contributed by atoms with E-state index in [1.807, 2.05) is 0 Å².